The number of hydrogen-bond acceptors (Lipinski definition) is 4. The number of carbonyl (C=O) groups is 2. The van der Waals surface area contributed by atoms with Crippen molar-refractivity contribution in [3.05, 3.63) is 42.2 Å². The zero-order valence-corrected chi connectivity index (χ0v) is 14.3. The van der Waals surface area contributed by atoms with Gasteiger partial charge in [0, 0.05) is 13.1 Å². The van der Waals surface area contributed by atoms with E-state index in [1.54, 1.807) is 15.8 Å². The molecule has 1 saturated heterocycles. The number of hydrogen-bond donors (Lipinski definition) is 1. The van der Waals surface area contributed by atoms with E-state index >= 15 is 0 Å². The molecule has 1 aromatic heterocycles. The SMILES string of the molecule is COc1cn(-c2ccccc2)nc1C(=O)N1CC(C)CC(C(=O)O)C1. The average Bonchev–Trinajstić information content (AvgIpc) is 3.05. The van der Waals surface area contributed by atoms with E-state index in [4.69, 9.17) is 4.74 Å². The lowest BCUT2D eigenvalue weighted by Gasteiger charge is -2.34. The Hall–Kier alpha value is -2.83. The molecule has 25 heavy (non-hydrogen) atoms. The number of piperidine rings is 1. The number of benzene rings is 1. The van der Waals surface area contributed by atoms with Gasteiger partial charge in [-0.1, -0.05) is 25.1 Å². The fraction of sp³-hybridized carbons (Fsp3) is 0.389. The highest BCUT2D eigenvalue weighted by molar-refractivity contribution is 5.95. The van der Waals surface area contributed by atoms with Crippen molar-refractivity contribution in [2.45, 2.75) is 13.3 Å². The molecule has 1 aromatic carbocycles. The quantitative estimate of drug-likeness (QED) is 0.918. The highest BCUT2D eigenvalue weighted by Gasteiger charge is 2.34. The molecule has 0 radical (unpaired) electrons. The van der Waals surface area contributed by atoms with Crippen molar-refractivity contribution >= 4 is 11.9 Å². The van der Waals surface area contributed by atoms with E-state index in [9.17, 15) is 14.7 Å². The zero-order valence-electron chi connectivity index (χ0n) is 14.3. The molecule has 7 nitrogen and oxygen atoms in total. The molecule has 3 rings (SSSR count). The molecule has 1 amide bonds. The number of aromatic nitrogens is 2. The van der Waals surface area contributed by atoms with E-state index in [0.29, 0.717) is 18.7 Å². The highest BCUT2D eigenvalue weighted by atomic mass is 16.5. The van der Waals surface area contributed by atoms with Crippen LogP contribution in [0.1, 0.15) is 23.8 Å². The fourth-order valence-electron chi connectivity index (χ4n) is 3.21. The molecule has 1 N–H and O–H groups in total. The predicted octanol–water partition coefficient (Wildman–Crippen LogP) is 2.06. The number of carboxylic acids is 1. The Morgan fingerprint density at radius 1 is 1.24 bits per heavy atom. The minimum Gasteiger partial charge on any atom is -0.493 e. The second-order valence-electron chi connectivity index (χ2n) is 6.41. The van der Waals surface area contributed by atoms with Crippen LogP contribution in [-0.4, -0.2) is 51.9 Å². The molecule has 1 aliphatic rings. The van der Waals surface area contributed by atoms with Crippen LogP contribution in [0.25, 0.3) is 5.69 Å². The Kier molecular flexibility index (Phi) is 4.74. The average molecular weight is 343 g/mol. The van der Waals surface area contributed by atoms with Crippen molar-refractivity contribution in [1.82, 2.24) is 14.7 Å². The molecule has 2 aromatic rings. The van der Waals surface area contributed by atoms with Gasteiger partial charge in [-0.15, -0.1) is 0 Å². The van der Waals surface area contributed by atoms with Crippen molar-refractivity contribution in [3.63, 3.8) is 0 Å². The third-order valence-electron chi connectivity index (χ3n) is 4.42. The molecule has 1 fully saturated rings. The Morgan fingerprint density at radius 2 is 1.96 bits per heavy atom. The summed E-state index contributed by atoms with van der Waals surface area (Å²) in [4.78, 5) is 25.8. The molecular formula is C18H21N3O4. The molecule has 2 atom stereocenters. The molecule has 7 heteroatoms. The molecule has 132 valence electrons. The first-order chi connectivity index (χ1) is 12.0. The standard InChI is InChI=1S/C18H21N3O4/c1-12-8-13(18(23)24)10-20(9-12)17(22)16-15(25-2)11-21(19-16)14-6-4-3-5-7-14/h3-7,11-13H,8-10H2,1-2H3,(H,23,24). The number of amides is 1. The normalized spacial score (nSPS) is 20.3. The van der Waals surface area contributed by atoms with Crippen molar-refractivity contribution in [2.75, 3.05) is 20.2 Å². The molecule has 0 aliphatic carbocycles. The third kappa shape index (κ3) is 3.50. The van der Waals surface area contributed by atoms with Gasteiger partial charge in [0.15, 0.2) is 11.4 Å². The minimum absolute atomic E-state index is 0.126. The van der Waals surface area contributed by atoms with Gasteiger partial charge in [0.2, 0.25) is 0 Å². The Morgan fingerprint density at radius 3 is 2.60 bits per heavy atom. The largest absolute Gasteiger partial charge is 0.493 e. The number of carbonyl (C=O) groups excluding carboxylic acids is 1. The maximum Gasteiger partial charge on any atom is 0.308 e. The Bertz CT molecular complexity index is 772. The van der Waals surface area contributed by atoms with Gasteiger partial charge in [-0.3, -0.25) is 9.59 Å². The number of ether oxygens (including phenoxy) is 1. The summed E-state index contributed by atoms with van der Waals surface area (Å²) in [7, 11) is 1.49. The molecular weight excluding hydrogens is 322 g/mol. The van der Waals surface area contributed by atoms with Crippen molar-refractivity contribution in [1.29, 1.82) is 0 Å². The van der Waals surface area contributed by atoms with E-state index in [1.165, 1.54) is 7.11 Å². The summed E-state index contributed by atoms with van der Waals surface area (Å²) in [5.74, 6) is -1.22. The topological polar surface area (TPSA) is 84.7 Å². The maximum atomic E-state index is 12.9. The highest BCUT2D eigenvalue weighted by Crippen LogP contribution is 2.26. The summed E-state index contributed by atoms with van der Waals surface area (Å²) < 4.78 is 6.90. The van der Waals surface area contributed by atoms with E-state index in [2.05, 4.69) is 5.10 Å². The maximum absolute atomic E-state index is 12.9. The van der Waals surface area contributed by atoms with Gasteiger partial charge in [-0.05, 0) is 24.5 Å². The Balaban J connectivity index is 1.89. The zero-order chi connectivity index (χ0) is 18.0. The van der Waals surface area contributed by atoms with Gasteiger partial charge in [0.05, 0.1) is 24.9 Å². The van der Waals surface area contributed by atoms with E-state index in [0.717, 1.165) is 5.69 Å². The first kappa shape index (κ1) is 17.0. The molecule has 2 unspecified atom stereocenters. The lowest BCUT2D eigenvalue weighted by Crippen LogP contribution is -2.45. The first-order valence-electron chi connectivity index (χ1n) is 8.20. The number of para-hydroxylation sites is 1. The van der Waals surface area contributed by atoms with Crippen LogP contribution in [0.3, 0.4) is 0 Å². The number of methoxy groups -OCH3 is 1. The van der Waals surface area contributed by atoms with Crippen molar-refractivity contribution in [3.8, 4) is 11.4 Å². The van der Waals surface area contributed by atoms with Crippen LogP contribution in [0.4, 0.5) is 0 Å². The second kappa shape index (κ2) is 6.96. The van der Waals surface area contributed by atoms with Crippen LogP contribution < -0.4 is 4.74 Å². The Labute approximate surface area is 145 Å². The smallest absolute Gasteiger partial charge is 0.308 e. The van der Waals surface area contributed by atoms with Crippen LogP contribution >= 0.6 is 0 Å². The predicted molar refractivity (Wildman–Crippen MR) is 90.9 cm³/mol. The molecule has 0 spiro atoms. The molecule has 0 saturated carbocycles. The lowest BCUT2D eigenvalue weighted by molar-refractivity contribution is -0.143. The summed E-state index contributed by atoms with van der Waals surface area (Å²) >= 11 is 0. The fourth-order valence-corrected chi connectivity index (χ4v) is 3.21. The van der Waals surface area contributed by atoms with Gasteiger partial charge in [0.1, 0.15) is 0 Å². The summed E-state index contributed by atoms with van der Waals surface area (Å²) in [5, 5.41) is 13.7. The number of rotatable bonds is 4. The van der Waals surface area contributed by atoms with E-state index in [1.807, 2.05) is 37.3 Å². The van der Waals surface area contributed by atoms with Crippen LogP contribution in [0, 0.1) is 11.8 Å². The summed E-state index contributed by atoms with van der Waals surface area (Å²) in [6.07, 6.45) is 2.24. The van der Waals surface area contributed by atoms with Crippen LogP contribution in [0.2, 0.25) is 0 Å². The van der Waals surface area contributed by atoms with Crippen molar-refractivity contribution < 1.29 is 19.4 Å². The van der Waals surface area contributed by atoms with Gasteiger partial charge in [-0.25, -0.2) is 4.68 Å². The van der Waals surface area contributed by atoms with Crippen LogP contribution in [0.5, 0.6) is 5.75 Å². The number of aliphatic carboxylic acids is 1. The minimum atomic E-state index is -0.869. The lowest BCUT2D eigenvalue weighted by atomic mass is 9.90. The molecule has 1 aliphatic heterocycles. The van der Waals surface area contributed by atoms with Gasteiger partial charge in [0.25, 0.3) is 5.91 Å². The van der Waals surface area contributed by atoms with Crippen LogP contribution in [0.15, 0.2) is 36.5 Å². The van der Waals surface area contributed by atoms with Crippen molar-refractivity contribution in [2.24, 2.45) is 11.8 Å². The van der Waals surface area contributed by atoms with E-state index in [-0.39, 0.29) is 24.1 Å². The third-order valence-corrected chi connectivity index (χ3v) is 4.42. The monoisotopic (exact) mass is 343 g/mol. The van der Waals surface area contributed by atoms with Gasteiger partial charge in [-0.2, -0.15) is 5.10 Å². The number of likely N-dealkylation sites (tertiary alicyclic amines) is 1. The summed E-state index contributed by atoms with van der Waals surface area (Å²) in [6.45, 7) is 2.67. The van der Waals surface area contributed by atoms with Crippen LogP contribution in [-0.2, 0) is 4.79 Å². The number of nitrogens with zero attached hydrogens (tertiary/aromatic N) is 3. The molecule has 0 bridgehead atoms. The van der Waals surface area contributed by atoms with Gasteiger partial charge >= 0.3 is 5.97 Å². The van der Waals surface area contributed by atoms with Gasteiger partial charge < -0.3 is 14.7 Å². The second-order valence-corrected chi connectivity index (χ2v) is 6.41. The summed E-state index contributed by atoms with van der Waals surface area (Å²) in [5.41, 5.74) is 1.01. The summed E-state index contributed by atoms with van der Waals surface area (Å²) in [6, 6.07) is 9.43. The number of carboxylic acid groups (broad SMARTS) is 1. The van der Waals surface area contributed by atoms with E-state index < -0.39 is 11.9 Å². The molecule has 2 heterocycles. The first-order valence-corrected chi connectivity index (χ1v) is 8.20.